The first-order valence-electron chi connectivity index (χ1n) is 4.55. The van der Waals surface area contributed by atoms with Crippen LogP contribution in [0.25, 0.3) is 0 Å². The molecule has 0 amide bonds. The Morgan fingerprint density at radius 2 is 2.14 bits per heavy atom. The largest absolute Gasteiger partial charge is 0.390 e. The summed E-state index contributed by atoms with van der Waals surface area (Å²) in [5.41, 5.74) is 1.35. The Morgan fingerprint density at radius 3 is 2.71 bits per heavy atom. The molecule has 2 unspecified atom stereocenters. The van der Waals surface area contributed by atoms with Crippen molar-refractivity contribution in [3.05, 3.63) is 29.6 Å². The Hall–Kier alpha value is -0.580. The van der Waals surface area contributed by atoms with Gasteiger partial charge in [-0.25, -0.2) is 0 Å². The van der Waals surface area contributed by atoms with E-state index in [9.17, 15) is 10.2 Å². The van der Waals surface area contributed by atoms with Crippen LogP contribution in [-0.4, -0.2) is 27.1 Å². The van der Waals surface area contributed by atoms with Crippen LogP contribution < -0.4 is 0 Å². The van der Waals surface area contributed by atoms with Gasteiger partial charge in [0.25, 0.3) is 0 Å². The number of nitrogens with zero attached hydrogens (tertiary/aromatic N) is 1. The topological polar surface area (TPSA) is 53.4 Å². The van der Waals surface area contributed by atoms with Crippen molar-refractivity contribution in [2.24, 2.45) is 0 Å². The van der Waals surface area contributed by atoms with E-state index in [2.05, 4.69) is 17.6 Å². The quantitative estimate of drug-likeness (QED) is 0.657. The Kier molecular flexibility index (Phi) is 4.38. The van der Waals surface area contributed by atoms with Gasteiger partial charge in [-0.15, -0.1) is 0 Å². The molecule has 2 atom stereocenters. The fraction of sp³-hybridized carbons (Fsp3) is 0.500. The highest BCUT2D eigenvalue weighted by atomic mass is 32.1. The summed E-state index contributed by atoms with van der Waals surface area (Å²) < 4.78 is 0. The monoisotopic (exact) mass is 213 g/mol. The predicted octanol–water partition coefficient (Wildman–Crippen LogP) is 1.10. The molecule has 0 fully saturated rings. The van der Waals surface area contributed by atoms with Gasteiger partial charge in [0.1, 0.15) is 6.10 Å². The summed E-state index contributed by atoms with van der Waals surface area (Å²) in [4.78, 5) is 4.14. The van der Waals surface area contributed by atoms with Crippen LogP contribution in [-0.2, 0) is 0 Å². The molecule has 4 heteroatoms. The van der Waals surface area contributed by atoms with E-state index in [0.29, 0.717) is 17.9 Å². The molecule has 1 aromatic rings. The van der Waals surface area contributed by atoms with E-state index in [-0.39, 0.29) is 0 Å². The Bertz CT molecular complexity index is 293. The number of aromatic nitrogens is 1. The van der Waals surface area contributed by atoms with E-state index in [1.807, 2.05) is 19.1 Å². The molecule has 78 valence electrons. The molecule has 1 heterocycles. The van der Waals surface area contributed by atoms with Crippen molar-refractivity contribution in [2.45, 2.75) is 25.6 Å². The standard InChI is InChI=1S/C10H15NO2S/c1-7-3-2-4-8(11-7)10(13)9(12)5-6-14/h2-4,9-10,12-14H,5-6H2,1H3. The third kappa shape index (κ3) is 2.97. The summed E-state index contributed by atoms with van der Waals surface area (Å²) in [6.07, 6.45) is -1.25. The van der Waals surface area contributed by atoms with Gasteiger partial charge >= 0.3 is 0 Å². The number of aliphatic hydroxyl groups is 2. The SMILES string of the molecule is Cc1cccc(C(O)C(O)CCS)n1. The van der Waals surface area contributed by atoms with E-state index in [0.717, 1.165) is 5.69 Å². The normalized spacial score (nSPS) is 15.1. The molecule has 0 aliphatic rings. The van der Waals surface area contributed by atoms with Gasteiger partial charge in [0, 0.05) is 5.69 Å². The van der Waals surface area contributed by atoms with Crippen molar-refractivity contribution >= 4 is 12.6 Å². The molecule has 0 saturated heterocycles. The second kappa shape index (κ2) is 5.34. The zero-order valence-corrected chi connectivity index (χ0v) is 8.98. The number of pyridine rings is 1. The highest BCUT2D eigenvalue weighted by molar-refractivity contribution is 7.80. The maximum atomic E-state index is 9.70. The molecule has 0 aliphatic heterocycles. The molecule has 0 aliphatic carbocycles. The Morgan fingerprint density at radius 1 is 1.43 bits per heavy atom. The fourth-order valence-electron chi connectivity index (χ4n) is 1.22. The van der Waals surface area contributed by atoms with E-state index < -0.39 is 12.2 Å². The van der Waals surface area contributed by atoms with Gasteiger partial charge in [-0.3, -0.25) is 4.98 Å². The summed E-state index contributed by atoms with van der Waals surface area (Å²) in [6.45, 7) is 1.85. The van der Waals surface area contributed by atoms with Crippen molar-refractivity contribution in [3.63, 3.8) is 0 Å². The van der Waals surface area contributed by atoms with Crippen molar-refractivity contribution < 1.29 is 10.2 Å². The average molecular weight is 213 g/mol. The smallest absolute Gasteiger partial charge is 0.122 e. The first kappa shape index (κ1) is 11.5. The molecule has 0 aromatic carbocycles. The average Bonchev–Trinajstić information content (AvgIpc) is 2.17. The highest BCUT2D eigenvalue weighted by Crippen LogP contribution is 2.17. The van der Waals surface area contributed by atoms with Gasteiger partial charge in [0.15, 0.2) is 0 Å². The molecule has 0 saturated carbocycles. The fourth-order valence-corrected chi connectivity index (χ4v) is 1.48. The highest BCUT2D eigenvalue weighted by Gasteiger charge is 2.18. The number of hydrogen-bond acceptors (Lipinski definition) is 4. The minimum Gasteiger partial charge on any atom is -0.390 e. The lowest BCUT2D eigenvalue weighted by molar-refractivity contribution is 0.0146. The second-order valence-corrected chi connectivity index (χ2v) is 3.68. The molecule has 14 heavy (non-hydrogen) atoms. The Labute approximate surface area is 89.2 Å². The number of thiol groups is 1. The molecular formula is C10H15NO2S. The zero-order valence-electron chi connectivity index (χ0n) is 8.09. The van der Waals surface area contributed by atoms with Crippen LogP contribution in [0.4, 0.5) is 0 Å². The van der Waals surface area contributed by atoms with Crippen molar-refractivity contribution in [1.82, 2.24) is 4.98 Å². The lowest BCUT2D eigenvalue weighted by Crippen LogP contribution is -2.19. The third-order valence-electron chi connectivity index (χ3n) is 2.00. The predicted molar refractivity (Wildman–Crippen MR) is 58.4 cm³/mol. The van der Waals surface area contributed by atoms with E-state index in [1.54, 1.807) is 6.07 Å². The molecule has 2 N–H and O–H groups in total. The molecular weight excluding hydrogens is 198 g/mol. The van der Waals surface area contributed by atoms with E-state index in [1.165, 1.54) is 0 Å². The van der Waals surface area contributed by atoms with Crippen LogP contribution in [0.15, 0.2) is 18.2 Å². The van der Waals surface area contributed by atoms with Crippen molar-refractivity contribution in [1.29, 1.82) is 0 Å². The molecule has 1 aromatic heterocycles. The van der Waals surface area contributed by atoms with E-state index >= 15 is 0 Å². The van der Waals surface area contributed by atoms with E-state index in [4.69, 9.17) is 0 Å². The van der Waals surface area contributed by atoms with Crippen LogP contribution in [0.5, 0.6) is 0 Å². The van der Waals surface area contributed by atoms with Crippen molar-refractivity contribution in [3.8, 4) is 0 Å². The lowest BCUT2D eigenvalue weighted by atomic mass is 10.1. The summed E-state index contributed by atoms with van der Waals surface area (Å²) >= 11 is 4.00. The third-order valence-corrected chi connectivity index (χ3v) is 2.26. The number of aryl methyl sites for hydroxylation is 1. The van der Waals surface area contributed by atoms with Crippen LogP contribution in [0.3, 0.4) is 0 Å². The molecule has 3 nitrogen and oxygen atoms in total. The Balaban J connectivity index is 2.73. The first-order chi connectivity index (χ1) is 6.65. The molecule has 0 spiro atoms. The molecule has 1 rings (SSSR count). The maximum absolute atomic E-state index is 9.70. The lowest BCUT2D eigenvalue weighted by Gasteiger charge is -2.16. The van der Waals surface area contributed by atoms with Crippen molar-refractivity contribution in [2.75, 3.05) is 5.75 Å². The van der Waals surface area contributed by atoms with Gasteiger partial charge in [-0.1, -0.05) is 6.07 Å². The van der Waals surface area contributed by atoms with Crippen LogP contribution in [0.2, 0.25) is 0 Å². The maximum Gasteiger partial charge on any atom is 0.122 e. The van der Waals surface area contributed by atoms with Gasteiger partial charge < -0.3 is 10.2 Å². The minimum atomic E-state index is -0.915. The second-order valence-electron chi connectivity index (χ2n) is 3.23. The molecule has 0 radical (unpaired) electrons. The van der Waals surface area contributed by atoms with Crippen LogP contribution in [0, 0.1) is 6.92 Å². The number of aliphatic hydroxyl groups excluding tert-OH is 2. The number of hydrogen-bond donors (Lipinski definition) is 3. The van der Waals surface area contributed by atoms with Gasteiger partial charge in [-0.05, 0) is 31.2 Å². The summed E-state index contributed by atoms with van der Waals surface area (Å²) in [5, 5.41) is 19.2. The minimum absolute atomic E-state index is 0.458. The zero-order chi connectivity index (χ0) is 10.6. The van der Waals surface area contributed by atoms with Crippen LogP contribution in [0.1, 0.15) is 23.9 Å². The summed E-state index contributed by atoms with van der Waals surface area (Å²) in [7, 11) is 0. The summed E-state index contributed by atoms with van der Waals surface area (Å²) in [5.74, 6) is 0.546. The summed E-state index contributed by atoms with van der Waals surface area (Å²) in [6, 6.07) is 5.37. The van der Waals surface area contributed by atoms with Crippen LogP contribution >= 0.6 is 12.6 Å². The van der Waals surface area contributed by atoms with Gasteiger partial charge in [-0.2, -0.15) is 12.6 Å². The first-order valence-corrected chi connectivity index (χ1v) is 5.19. The molecule has 0 bridgehead atoms. The van der Waals surface area contributed by atoms with Gasteiger partial charge in [0.2, 0.25) is 0 Å². The van der Waals surface area contributed by atoms with Gasteiger partial charge in [0.05, 0.1) is 11.8 Å². The number of rotatable bonds is 4.